The summed E-state index contributed by atoms with van der Waals surface area (Å²) in [5.41, 5.74) is -0.796. The van der Waals surface area contributed by atoms with E-state index in [2.05, 4.69) is 11.3 Å². The Hall–Kier alpha value is -1.52. The van der Waals surface area contributed by atoms with Gasteiger partial charge in [-0.2, -0.15) is 0 Å². The second-order valence-electron chi connectivity index (χ2n) is 4.76. The van der Waals surface area contributed by atoms with Crippen LogP contribution >= 0.6 is 0 Å². The summed E-state index contributed by atoms with van der Waals surface area (Å²) in [6, 6.07) is 0. The predicted octanol–water partition coefficient (Wildman–Crippen LogP) is 2.28. The van der Waals surface area contributed by atoms with E-state index in [-0.39, 0.29) is 6.54 Å². The van der Waals surface area contributed by atoms with E-state index in [1.807, 2.05) is 6.08 Å². The number of amides is 1. The first-order valence-electron chi connectivity index (χ1n) is 6.23. The van der Waals surface area contributed by atoms with Gasteiger partial charge < -0.3 is 14.7 Å². The van der Waals surface area contributed by atoms with Crippen molar-refractivity contribution in [2.24, 2.45) is 5.41 Å². The summed E-state index contributed by atoms with van der Waals surface area (Å²) >= 11 is 0. The normalized spacial score (nSPS) is 22.8. The van der Waals surface area contributed by atoms with Gasteiger partial charge >= 0.3 is 12.1 Å². The lowest BCUT2D eigenvalue weighted by atomic mass is 9.82. The minimum Gasteiger partial charge on any atom is -0.481 e. The highest BCUT2D eigenvalue weighted by molar-refractivity contribution is 5.77. The number of likely N-dealkylation sites (tertiary alicyclic amines) is 1. The Morgan fingerprint density at radius 2 is 2.22 bits per heavy atom. The molecule has 102 valence electrons. The van der Waals surface area contributed by atoms with Crippen molar-refractivity contribution < 1.29 is 19.4 Å². The fraction of sp³-hybridized carbons (Fsp3) is 0.692. The Morgan fingerprint density at radius 1 is 1.50 bits per heavy atom. The van der Waals surface area contributed by atoms with Crippen molar-refractivity contribution in [3.63, 3.8) is 0 Å². The molecule has 1 unspecified atom stereocenters. The zero-order chi connectivity index (χ0) is 13.6. The maximum atomic E-state index is 11.4. The molecule has 0 aromatic heterocycles. The van der Waals surface area contributed by atoms with Crippen molar-refractivity contribution in [3.8, 4) is 0 Å². The van der Waals surface area contributed by atoms with Gasteiger partial charge in [0.05, 0.1) is 12.5 Å². The van der Waals surface area contributed by atoms with Crippen LogP contribution < -0.4 is 0 Å². The summed E-state index contributed by atoms with van der Waals surface area (Å²) in [5.74, 6) is -0.812. The molecule has 0 saturated carbocycles. The number of allylic oxidation sites excluding steroid dienone is 1. The molecular formula is C13H21NO4. The maximum Gasteiger partial charge on any atom is 0.409 e. The quantitative estimate of drug-likeness (QED) is 0.584. The number of rotatable bonds is 6. The molecule has 0 spiro atoms. The molecular weight excluding hydrogens is 234 g/mol. The molecule has 0 radical (unpaired) electrons. The Morgan fingerprint density at radius 3 is 2.78 bits per heavy atom. The molecule has 1 heterocycles. The summed E-state index contributed by atoms with van der Waals surface area (Å²) in [6.07, 6.45) is 5.18. The molecule has 1 saturated heterocycles. The highest BCUT2D eigenvalue weighted by atomic mass is 16.5. The van der Waals surface area contributed by atoms with E-state index in [1.54, 1.807) is 0 Å². The first-order valence-corrected chi connectivity index (χ1v) is 6.23. The third kappa shape index (κ3) is 3.24. The number of ether oxygens (including phenoxy) is 1. The fourth-order valence-electron chi connectivity index (χ4n) is 2.39. The van der Waals surface area contributed by atoms with Crippen LogP contribution in [0.1, 0.15) is 32.1 Å². The number of nitrogens with zero attached hydrogens (tertiary/aromatic N) is 1. The van der Waals surface area contributed by atoms with Crippen molar-refractivity contribution >= 4 is 12.1 Å². The second-order valence-corrected chi connectivity index (χ2v) is 4.76. The van der Waals surface area contributed by atoms with Gasteiger partial charge in [0.1, 0.15) is 0 Å². The Labute approximate surface area is 107 Å². The molecule has 1 amide bonds. The van der Waals surface area contributed by atoms with E-state index in [0.29, 0.717) is 19.4 Å². The largest absolute Gasteiger partial charge is 0.481 e. The molecule has 1 N–H and O–H groups in total. The summed E-state index contributed by atoms with van der Waals surface area (Å²) in [6.45, 7) is 4.35. The van der Waals surface area contributed by atoms with E-state index in [1.165, 1.54) is 12.0 Å². The smallest absolute Gasteiger partial charge is 0.409 e. The van der Waals surface area contributed by atoms with Crippen LogP contribution in [0.25, 0.3) is 0 Å². The van der Waals surface area contributed by atoms with Crippen molar-refractivity contribution in [2.45, 2.75) is 32.1 Å². The van der Waals surface area contributed by atoms with Crippen molar-refractivity contribution in [2.75, 3.05) is 20.2 Å². The highest BCUT2D eigenvalue weighted by Crippen LogP contribution is 2.36. The monoisotopic (exact) mass is 255 g/mol. The number of methoxy groups -OCH3 is 1. The number of carbonyl (C=O) groups is 2. The van der Waals surface area contributed by atoms with E-state index < -0.39 is 17.5 Å². The van der Waals surface area contributed by atoms with E-state index in [0.717, 1.165) is 19.3 Å². The van der Waals surface area contributed by atoms with Crippen molar-refractivity contribution in [3.05, 3.63) is 12.7 Å². The SMILES string of the molecule is C=CCCCCC1(C(=O)O)CCN(C(=O)OC)C1. The van der Waals surface area contributed by atoms with Gasteiger partial charge in [-0.05, 0) is 25.7 Å². The zero-order valence-corrected chi connectivity index (χ0v) is 10.9. The van der Waals surface area contributed by atoms with Crippen LogP contribution in [-0.4, -0.2) is 42.3 Å². The van der Waals surface area contributed by atoms with Crippen molar-refractivity contribution in [1.82, 2.24) is 4.90 Å². The molecule has 0 aromatic carbocycles. The molecule has 1 atom stereocenters. The number of unbranched alkanes of at least 4 members (excludes halogenated alkanes) is 2. The van der Waals surface area contributed by atoms with Gasteiger partial charge in [0.25, 0.3) is 0 Å². The molecule has 18 heavy (non-hydrogen) atoms. The highest BCUT2D eigenvalue weighted by Gasteiger charge is 2.45. The van der Waals surface area contributed by atoms with E-state index in [9.17, 15) is 14.7 Å². The molecule has 5 heteroatoms. The summed E-state index contributed by atoms with van der Waals surface area (Å²) < 4.78 is 4.63. The number of hydrogen-bond donors (Lipinski definition) is 1. The number of aliphatic carboxylic acids is 1. The number of hydrogen-bond acceptors (Lipinski definition) is 3. The summed E-state index contributed by atoms with van der Waals surface area (Å²) in [7, 11) is 1.31. The Kier molecular flexibility index (Phi) is 5.19. The molecule has 0 aromatic rings. The summed E-state index contributed by atoms with van der Waals surface area (Å²) in [4.78, 5) is 24.3. The van der Waals surface area contributed by atoms with Crippen LogP contribution in [0.3, 0.4) is 0 Å². The molecule has 5 nitrogen and oxygen atoms in total. The molecule has 0 bridgehead atoms. The average Bonchev–Trinajstić information content (AvgIpc) is 2.79. The molecule has 1 aliphatic rings. The third-order valence-corrected chi connectivity index (χ3v) is 3.55. The zero-order valence-electron chi connectivity index (χ0n) is 10.9. The van der Waals surface area contributed by atoms with Crippen LogP contribution in [0, 0.1) is 5.41 Å². The topological polar surface area (TPSA) is 66.8 Å². The Bertz CT molecular complexity index is 329. The number of carboxylic acids is 1. The third-order valence-electron chi connectivity index (χ3n) is 3.55. The van der Waals surface area contributed by atoms with Gasteiger partial charge in [-0.15, -0.1) is 6.58 Å². The van der Waals surface area contributed by atoms with Gasteiger partial charge in [0, 0.05) is 13.1 Å². The van der Waals surface area contributed by atoms with Crippen LogP contribution in [0.4, 0.5) is 4.79 Å². The van der Waals surface area contributed by atoms with Crippen LogP contribution in [0.2, 0.25) is 0 Å². The molecule has 1 rings (SSSR count). The molecule has 1 fully saturated rings. The minimum atomic E-state index is -0.812. The standard InChI is InChI=1S/C13H21NO4/c1-3-4-5-6-7-13(11(15)16)8-9-14(10-13)12(17)18-2/h3H,1,4-10H2,2H3,(H,15,16). The molecule has 1 aliphatic heterocycles. The lowest BCUT2D eigenvalue weighted by molar-refractivity contribution is -0.148. The van der Waals surface area contributed by atoms with E-state index >= 15 is 0 Å². The van der Waals surface area contributed by atoms with Crippen LogP contribution in [-0.2, 0) is 9.53 Å². The van der Waals surface area contributed by atoms with Gasteiger partial charge in [-0.3, -0.25) is 4.79 Å². The first kappa shape index (κ1) is 14.5. The van der Waals surface area contributed by atoms with Crippen LogP contribution in [0.15, 0.2) is 12.7 Å². The van der Waals surface area contributed by atoms with Crippen LogP contribution in [0.5, 0.6) is 0 Å². The lowest BCUT2D eigenvalue weighted by Gasteiger charge is -2.24. The van der Waals surface area contributed by atoms with Gasteiger partial charge in [0.2, 0.25) is 0 Å². The second kappa shape index (κ2) is 6.42. The lowest BCUT2D eigenvalue weighted by Crippen LogP contribution is -2.36. The summed E-state index contributed by atoms with van der Waals surface area (Å²) in [5, 5.41) is 9.39. The maximum absolute atomic E-state index is 11.4. The molecule has 0 aliphatic carbocycles. The number of carbonyl (C=O) groups excluding carboxylic acids is 1. The van der Waals surface area contributed by atoms with Gasteiger partial charge in [-0.1, -0.05) is 12.5 Å². The van der Waals surface area contributed by atoms with Gasteiger partial charge in [0.15, 0.2) is 0 Å². The Balaban J connectivity index is 2.58. The van der Waals surface area contributed by atoms with E-state index in [4.69, 9.17) is 0 Å². The fourth-order valence-corrected chi connectivity index (χ4v) is 2.39. The van der Waals surface area contributed by atoms with Crippen molar-refractivity contribution in [1.29, 1.82) is 0 Å². The number of carboxylic acid groups (broad SMARTS) is 1. The van der Waals surface area contributed by atoms with Gasteiger partial charge in [-0.25, -0.2) is 4.79 Å². The average molecular weight is 255 g/mol. The first-order chi connectivity index (χ1) is 8.55. The minimum absolute atomic E-state index is 0.253. The predicted molar refractivity (Wildman–Crippen MR) is 67.3 cm³/mol.